The van der Waals surface area contributed by atoms with E-state index in [1.807, 2.05) is 13.0 Å². The monoisotopic (exact) mass is 148 g/mol. The van der Waals surface area contributed by atoms with Crippen LogP contribution < -0.4 is 4.98 Å². The average Bonchev–Trinajstić information content (AvgIpc) is 1.86. The Kier molecular flexibility index (Phi) is 1.87. The summed E-state index contributed by atoms with van der Waals surface area (Å²) in [4.78, 5) is 4.03. The predicted molar refractivity (Wildman–Crippen MR) is 44.3 cm³/mol. The molecule has 1 rings (SSSR count). The Bertz CT molecular complexity index is 245. The third kappa shape index (κ3) is 1.94. The highest BCUT2D eigenvalue weighted by molar-refractivity contribution is 5.19. The number of rotatable bonds is 0. The molecule has 0 bridgehead atoms. The first-order valence-corrected chi connectivity index (χ1v) is 3.85. The van der Waals surface area contributed by atoms with Crippen LogP contribution in [-0.4, -0.2) is 0 Å². The molecule has 0 saturated heterocycles. The van der Waals surface area contributed by atoms with Crippen molar-refractivity contribution < 1.29 is 4.98 Å². The normalized spacial score (nSPS) is 10.9. The van der Waals surface area contributed by atoms with E-state index in [0.717, 1.165) is 5.69 Å². The molecular formula is C10H14N+. The molecule has 0 fully saturated rings. The summed E-state index contributed by atoms with van der Waals surface area (Å²) in [6, 6.07) is 4.06. The average molecular weight is 148 g/mol. The van der Waals surface area contributed by atoms with E-state index in [0.29, 0.717) is 0 Å². The predicted octanol–water partition coefficient (Wildman–Crippen LogP) is 1.69. The zero-order chi connectivity index (χ0) is 8.48. The van der Waals surface area contributed by atoms with E-state index in [9.17, 15) is 0 Å². The van der Waals surface area contributed by atoms with E-state index in [4.69, 9.17) is 0 Å². The highest BCUT2D eigenvalue weighted by atomic mass is 14.5. The lowest BCUT2D eigenvalue weighted by atomic mass is 9.88. The van der Waals surface area contributed by atoms with Crippen LogP contribution in [-0.2, 0) is 5.41 Å². The number of aromatic nitrogens is 1. The molecule has 1 heterocycles. The first kappa shape index (κ1) is 8.07. The Morgan fingerprint density at radius 1 is 1.36 bits per heavy atom. The second-order valence-corrected chi connectivity index (χ2v) is 3.88. The van der Waals surface area contributed by atoms with Crippen molar-refractivity contribution in [2.75, 3.05) is 0 Å². The molecule has 1 aromatic heterocycles. The van der Waals surface area contributed by atoms with Crippen molar-refractivity contribution in [2.24, 2.45) is 0 Å². The quantitative estimate of drug-likeness (QED) is 0.546. The lowest BCUT2D eigenvalue weighted by Gasteiger charge is -2.15. The van der Waals surface area contributed by atoms with Crippen LogP contribution in [0, 0.1) is 13.1 Å². The van der Waals surface area contributed by atoms with Gasteiger partial charge in [0, 0.05) is 13.0 Å². The van der Waals surface area contributed by atoms with Crippen LogP contribution in [0.3, 0.4) is 0 Å². The SMILES string of the molecule is Cc1cc(C(C)(C)C)cc#[n+]1. The topological polar surface area (TPSA) is 14.1 Å². The molecule has 1 aromatic rings. The maximum absolute atomic E-state index is 4.03. The zero-order valence-electron chi connectivity index (χ0n) is 7.60. The Morgan fingerprint density at radius 3 is 2.36 bits per heavy atom. The van der Waals surface area contributed by atoms with Crippen LogP contribution in [0.2, 0.25) is 0 Å². The van der Waals surface area contributed by atoms with Gasteiger partial charge in [-0.1, -0.05) is 20.8 Å². The first-order valence-electron chi connectivity index (χ1n) is 3.85. The fourth-order valence-electron chi connectivity index (χ4n) is 0.936. The molecule has 0 unspecified atom stereocenters. The Balaban J connectivity index is 3.06. The van der Waals surface area contributed by atoms with Gasteiger partial charge in [-0.05, 0) is 16.0 Å². The summed E-state index contributed by atoms with van der Waals surface area (Å²) >= 11 is 0. The summed E-state index contributed by atoms with van der Waals surface area (Å²) in [6.07, 6.45) is 2.89. The Hall–Kier alpha value is -1.03. The van der Waals surface area contributed by atoms with Crippen molar-refractivity contribution in [3.05, 3.63) is 29.6 Å². The summed E-state index contributed by atoms with van der Waals surface area (Å²) in [6.45, 7) is 8.56. The van der Waals surface area contributed by atoms with Gasteiger partial charge in [0.1, 0.15) is 0 Å². The van der Waals surface area contributed by atoms with Crippen LogP contribution in [0.5, 0.6) is 0 Å². The summed E-state index contributed by atoms with van der Waals surface area (Å²) in [7, 11) is 0. The summed E-state index contributed by atoms with van der Waals surface area (Å²) < 4.78 is 0. The van der Waals surface area contributed by atoms with Crippen LogP contribution in [0.1, 0.15) is 32.0 Å². The summed E-state index contributed by atoms with van der Waals surface area (Å²) in [5.74, 6) is 0. The van der Waals surface area contributed by atoms with Gasteiger partial charge in [-0.25, -0.2) is 0 Å². The van der Waals surface area contributed by atoms with E-state index in [-0.39, 0.29) is 5.41 Å². The molecule has 11 heavy (non-hydrogen) atoms. The lowest BCUT2D eigenvalue weighted by Crippen LogP contribution is -2.12. The van der Waals surface area contributed by atoms with Crippen molar-refractivity contribution in [2.45, 2.75) is 33.1 Å². The molecule has 0 saturated carbocycles. The number of hydrogen-bond acceptors (Lipinski definition) is 0. The number of aryl methyl sites for hydroxylation is 1. The number of hydrogen-bond donors (Lipinski definition) is 0. The second kappa shape index (κ2) is 2.54. The van der Waals surface area contributed by atoms with Crippen LogP contribution in [0.4, 0.5) is 0 Å². The van der Waals surface area contributed by atoms with Gasteiger partial charge in [0.2, 0.25) is 0 Å². The molecule has 0 aromatic carbocycles. The van der Waals surface area contributed by atoms with Crippen molar-refractivity contribution in [3.63, 3.8) is 0 Å². The molecule has 0 amide bonds. The van der Waals surface area contributed by atoms with E-state index in [2.05, 4.69) is 38.0 Å². The minimum atomic E-state index is 0.212. The maximum Gasteiger partial charge on any atom is 0.314 e. The molecule has 0 radical (unpaired) electrons. The Morgan fingerprint density at radius 2 is 2.00 bits per heavy atom. The zero-order valence-corrected chi connectivity index (χ0v) is 7.60. The molecule has 58 valence electrons. The van der Waals surface area contributed by atoms with Gasteiger partial charge in [0.25, 0.3) is 0 Å². The third-order valence-electron chi connectivity index (χ3n) is 1.69. The van der Waals surface area contributed by atoms with Crippen LogP contribution >= 0.6 is 0 Å². The third-order valence-corrected chi connectivity index (χ3v) is 1.69. The van der Waals surface area contributed by atoms with Crippen LogP contribution in [0.25, 0.3) is 0 Å². The van der Waals surface area contributed by atoms with Crippen molar-refractivity contribution in [1.29, 1.82) is 0 Å². The minimum Gasteiger partial charge on any atom is -0.0560 e. The summed E-state index contributed by atoms with van der Waals surface area (Å²) in [5, 5.41) is 0. The minimum absolute atomic E-state index is 0.212. The van der Waals surface area contributed by atoms with Gasteiger partial charge >= 0.3 is 11.9 Å². The molecule has 1 heteroatoms. The molecule has 0 spiro atoms. The molecular weight excluding hydrogens is 134 g/mol. The maximum atomic E-state index is 4.03. The highest BCUT2D eigenvalue weighted by Crippen LogP contribution is 2.20. The van der Waals surface area contributed by atoms with Crippen molar-refractivity contribution in [1.82, 2.24) is 0 Å². The summed E-state index contributed by atoms with van der Waals surface area (Å²) in [5.41, 5.74) is 2.55. The lowest BCUT2D eigenvalue weighted by molar-refractivity contribution is -0.305. The van der Waals surface area contributed by atoms with E-state index < -0.39 is 0 Å². The largest absolute Gasteiger partial charge is 0.314 e. The van der Waals surface area contributed by atoms with Gasteiger partial charge in [-0.3, -0.25) is 0 Å². The highest BCUT2D eigenvalue weighted by Gasteiger charge is 2.15. The Labute approximate surface area is 68.5 Å². The molecule has 0 aliphatic carbocycles. The first-order chi connectivity index (χ1) is 5.00. The smallest absolute Gasteiger partial charge is 0.0560 e. The fraction of sp³-hybridized carbons (Fsp3) is 0.500. The van der Waals surface area contributed by atoms with E-state index >= 15 is 0 Å². The van der Waals surface area contributed by atoms with Gasteiger partial charge in [-0.2, -0.15) is 0 Å². The molecule has 0 aliphatic heterocycles. The standard InChI is InChI=1S/C10H14N/c1-8-7-9(5-6-11-8)10(2,3)4/h5,7H,1-4H3/q+1. The molecule has 1 nitrogen and oxygen atoms in total. The van der Waals surface area contributed by atoms with Gasteiger partial charge in [-0.15, -0.1) is 0 Å². The number of nitrogens with zero attached hydrogens (tertiary/aromatic N) is 1. The van der Waals surface area contributed by atoms with Gasteiger partial charge in [0.15, 0.2) is 0 Å². The van der Waals surface area contributed by atoms with Gasteiger partial charge in [0.05, 0.1) is 6.07 Å². The van der Waals surface area contributed by atoms with Crippen molar-refractivity contribution >= 4 is 0 Å². The molecule has 0 atom stereocenters. The van der Waals surface area contributed by atoms with E-state index in [1.54, 1.807) is 0 Å². The van der Waals surface area contributed by atoms with E-state index in [1.165, 1.54) is 5.56 Å². The molecule has 0 aliphatic rings. The van der Waals surface area contributed by atoms with Crippen molar-refractivity contribution in [3.8, 4) is 0 Å². The molecule has 0 N–H and O–H groups in total. The second-order valence-electron chi connectivity index (χ2n) is 3.88. The van der Waals surface area contributed by atoms with Crippen LogP contribution in [0.15, 0.2) is 12.1 Å². The fourth-order valence-corrected chi connectivity index (χ4v) is 0.936. The van der Waals surface area contributed by atoms with Gasteiger partial charge < -0.3 is 0 Å².